The maximum absolute atomic E-state index is 12.3. The molecule has 7 heteroatoms. The molecule has 0 aliphatic heterocycles. The van der Waals surface area contributed by atoms with Crippen molar-refractivity contribution in [3.8, 4) is 0 Å². The molecule has 0 aliphatic carbocycles. The van der Waals surface area contributed by atoms with Crippen molar-refractivity contribution in [1.82, 2.24) is 5.32 Å². The van der Waals surface area contributed by atoms with E-state index in [-0.39, 0.29) is 16.8 Å². The van der Waals surface area contributed by atoms with E-state index in [0.717, 1.165) is 16.3 Å². The van der Waals surface area contributed by atoms with Crippen LogP contribution in [0.4, 0.5) is 0 Å². The second-order valence-corrected chi connectivity index (χ2v) is 8.50. The molecule has 0 aliphatic rings. The van der Waals surface area contributed by atoms with Crippen molar-refractivity contribution in [3.05, 3.63) is 63.1 Å². The zero-order valence-corrected chi connectivity index (χ0v) is 15.7. The number of carbonyl (C=O) groups is 1. The van der Waals surface area contributed by atoms with Gasteiger partial charge in [0.25, 0.3) is 5.91 Å². The number of benzene rings is 2. The van der Waals surface area contributed by atoms with E-state index in [1.807, 2.05) is 6.92 Å². The van der Waals surface area contributed by atoms with Gasteiger partial charge in [0.2, 0.25) is 0 Å². The van der Waals surface area contributed by atoms with Gasteiger partial charge < -0.3 is 5.32 Å². The van der Waals surface area contributed by atoms with Crippen molar-refractivity contribution < 1.29 is 13.2 Å². The number of carbonyl (C=O) groups excluding carboxylic acids is 1. The molecule has 0 fully saturated rings. The van der Waals surface area contributed by atoms with Crippen LogP contribution in [0.5, 0.6) is 0 Å². The van der Waals surface area contributed by atoms with Crippen LogP contribution >= 0.6 is 27.5 Å². The van der Waals surface area contributed by atoms with E-state index >= 15 is 0 Å². The molecule has 0 saturated carbocycles. The smallest absolute Gasteiger partial charge is 0.253 e. The predicted octanol–water partition coefficient (Wildman–Crippen LogP) is 4.00. The Hall–Kier alpha value is -1.37. The molecule has 0 heterocycles. The van der Waals surface area contributed by atoms with Crippen molar-refractivity contribution in [2.24, 2.45) is 0 Å². The second kappa shape index (κ2) is 7.03. The summed E-state index contributed by atoms with van der Waals surface area (Å²) in [6.07, 6.45) is 1.16. The van der Waals surface area contributed by atoms with Gasteiger partial charge >= 0.3 is 0 Å². The number of sulfone groups is 1. The van der Waals surface area contributed by atoms with Crippen LogP contribution in [0.1, 0.15) is 28.9 Å². The molecule has 23 heavy (non-hydrogen) atoms. The Morgan fingerprint density at radius 3 is 2.35 bits per heavy atom. The minimum absolute atomic E-state index is 0.245. The van der Waals surface area contributed by atoms with Gasteiger partial charge in [0.1, 0.15) is 0 Å². The van der Waals surface area contributed by atoms with E-state index in [9.17, 15) is 13.2 Å². The monoisotopic (exact) mass is 415 g/mol. The molecular formula is C16H15BrClNO3S. The quantitative estimate of drug-likeness (QED) is 0.819. The highest BCUT2D eigenvalue weighted by molar-refractivity contribution is 9.10. The molecule has 4 nitrogen and oxygen atoms in total. The maximum atomic E-state index is 12.3. The summed E-state index contributed by atoms with van der Waals surface area (Å²) in [6.45, 7) is 1.82. The Bertz CT molecular complexity index is 835. The molecule has 0 saturated heterocycles. The summed E-state index contributed by atoms with van der Waals surface area (Å²) in [4.78, 5) is 12.6. The Balaban J connectivity index is 2.17. The highest BCUT2D eigenvalue weighted by Gasteiger charge is 2.15. The van der Waals surface area contributed by atoms with Crippen LogP contribution in [-0.2, 0) is 9.84 Å². The number of halogens is 2. The average Bonchev–Trinajstić information content (AvgIpc) is 2.48. The van der Waals surface area contributed by atoms with Gasteiger partial charge in [-0.2, -0.15) is 0 Å². The van der Waals surface area contributed by atoms with Crippen molar-refractivity contribution in [1.29, 1.82) is 0 Å². The second-order valence-electron chi connectivity index (χ2n) is 5.16. The van der Waals surface area contributed by atoms with Gasteiger partial charge in [-0.25, -0.2) is 8.42 Å². The summed E-state index contributed by atoms with van der Waals surface area (Å²) in [5, 5.41) is 3.21. The van der Waals surface area contributed by atoms with Crippen molar-refractivity contribution in [2.75, 3.05) is 6.26 Å². The highest BCUT2D eigenvalue weighted by Crippen LogP contribution is 2.22. The van der Waals surface area contributed by atoms with Crippen molar-refractivity contribution >= 4 is 43.3 Å². The lowest BCUT2D eigenvalue weighted by atomic mass is 10.1. The molecular weight excluding hydrogens is 402 g/mol. The molecule has 0 bridgehead atoms. The molecule has 2 aromatic carbocycles. The highest BCUT2D eigenvalue weighted by atomic mass is 79.9. The molecule has 0 aromatic heterocycles. The van der Waals surface area contributed by atoms with Gasteiger partial charge in [-0.05, 0) is 42.8 Å². The minimum Gasteiger partial charge on any atom is -0.345 e. The molecule has 2 rings (SSSR count). The van der Waals surface area contributed by atoms with Gasteiger partial charge in [-0.15, -0.1) is 0 Å². The van der Waals surface area contributed by atoms with Crippen LogP contribution in [0.2, 0.25) is 5.02 Å². The number of hydrogen-bond donors (Lipinski definition) is 1. The van der Waals surface area contributed by atoms with Crippen LogP contribution in [0.25, 0.3) is 0 Å². The fourth-order valence-corrected chi connectivity index (χ4v) is 3.23. The van der Waals surface area contributed by atoms with Crippen LogP contribution < -0.4 is 5.32 Å². The predicted molar refractivity (Wildman–Crippen MR) is 94.6 cm³/mol. The first-order valence-electron chi connectivity index (χ1n) is 6.74. The van der Waals surface area contributed by atoms with Crippen LogP contribution in [0.3, 0.4) is 0 Å². The van der Waals surface area contributed by atoms with E-state index in [1.54, 1.807) is 30.3 Å². The summed E-state index contributed by atoms with van der Waals surface area (Å²) in [5.74, 6) is -0.295. The van der Waals surface area contributed by atoms with Crippen LogP contribution in [0, 0.1) is 0 Å². The third-order valence-corrected chi connectivity index (χ3v) is 5.28. The number of amides is 1. The lowest BCUT2D eigenvalue weighted by Crippen LogP contribution is -2.26. The molecule has 1 atom stereocenters. The van der Waals surface area contributed by atoms with E-state index < -0.39 is 9.84 Å². The van der Waals surface area contributed by atoms with Crippen molar-refractivity contribution in [2.45, 2.75) is 17.9 Å². The summed E-state index contributed by atoms with van der Waals surface area (Å²) in [6, 6.07) is 11.2. The number of hydrogen-bond acceptors (Lipinski definition) is 3. The van der Waals surface area contributed by atoms with Gasteiger partial charge in [-0.3, -0.25) is 4.79 Å². The first-order valence-corrected chi connectivity index (χ1v) is 9.80. The normalized spacial score (nSPS) is 12.7. The molecule has 0 spiro atoms. The first-order chi connectivity index (χ1) is 10.7. The van der Waals surface area contributed by atoms with E-state index in [4.69, 9.17) is 11.6 Å². The molecule has 1 amide bonds. The average molecular weight is 417 g/mol. The Kier molecular flexibility index (Phi) is 5.49. The third-order valence-electron chi connectivity index (χ3n) is 3.33. The van der Waals surface area contributed by atoms with Crippen LogP contribution in [-0.4, -0.2) is 20.6 Å². The Morgan fingerprint density at radius 1 is 1.17 bits per heavy atom. The Labute approximate surface area is 148 Å². The van der Waals surface area contributed by atoms with Crippen LogP contribution in [0.15, 0.2) is 51.8 Å². The fourth-order valence-electron chi connectivity index (χ4n) is 2.03. The third kappa shape index (κ3) is 4.56. The summed E-state index contributed by atoms with van der Waals surface area (Å²) in [7, 11) is -3.23. The van der Waals surface area contributed by atoms with Gasteiger partial charge in [-0.1, -0.05) is 39.7 Å². The summed E-state index contributed by atoms with van der Waals surface area (Å²) in [5.41, 5.74) is 1.18. The lowest BCUT2D eigenvalue weighted by Gasteiger charge is -2.15. The summed E-state index contributed by atoms with van der Waals surface area (Å²) >= 11 is 9.35. The first kappa shape index (κ1) is 18.0. The topological polar surface area (TPSA) is 63.2 Å². The number of nitrogens with one attached hydrogen (secondary N) is 1. The number of rotatable bonds is 4. The van der Waals surface area contributed by atoms with Gasteiger partial charge in [0.05, 0.1) is 21.5 Å². The minimum atomic E-state index is -3.23. The van der Waals surface area contributed by atoms with E-state index in [2.05, 4.69) is 21.2 Å². The fraction of sp³-hybridized carbons (Fsp3) is 0.188. The lowest BCUT2D eigenvalue weighted by molar-refractivity contribution is 0.0940. The molecule has 1 N–H and O–H groups in total. The molecule has 1 unspecified atom stereocenters. The maximum Gasteiger partial charge on any atom is 0.253 e. The zero-order valence-electron chi connectivity index (χ0n) is 12.5. The van der Waals surface area contributed by atoms with Crippen molar-refractivity contribution in [3.63, 3.8) is 0 Å². The van der Waals surface area contributed by atoms with Gasteiger partial charge in [0, 0.05) is 10.7 Å². The molecule has 122 valence electrons. The van der Waals surface area contributed by atoms with Gasteiger partial charge in [0.15, 0.2) is 9.84 Å². The van der Waals surface area contributed by atoms with E-state index in [0.29, 0.717) is 10.6 Å². The summed E-state index contributed by atoms with van der Waals surface area (Å²) < 4.78 is 23.7. The molecule has 2 aromatic rings. The SMILES string of the molecule is CC(NC(=O)c1cc(Br)ccc1Cl)c1ccc(S(C)(=O)=O)cc1. The van der Waals surface area contributed by atoms with E-state index in [1.165, 1.54) is 12.1 Å². The largest absolute Gasteiger partial charge is 0.345 e. The Morgan fingerprint density at radius 2 is 1.78 bits per heavy atom. The zero-order chi connectivity index (χ0) is 17.2. The molecule has 0 radical (unpaired) electrons. The standard InChI is InChI=1S/C16H15BrClNO3S/c1-10(11-3-6-13(7-4-11)23(2,21)22)19-16(20)14-9-12(17)5-8-15(14)18/h3-10H,1-2H3,(H,19,20).